The van der Waals surface area contributed by atoms with Gasteiger partial charge in [0.25, 0.3) is 0 Å². The van der Waals surface area contributed by atoms with Crippen LogP contribution in [0.15, 0.2) is 24.3 Å². The van der Waals surface area contributed by atoms with E-state index < -0.39 is 0 Å². The monoisotopic (exact) mass is 359 g/mol. The third-order valence-corrected chi connectivity index (χ3v) is 5.45. The van der Waals surface area contributed by atoms with Gasteiger partial charge in [-0.2, -0.15) is 0 Å². The first-order chi connectivity index (χ1) is 12.1. The van der Waals surface area contributed by atoms with Crippen LogP contribution in [0.3, 0.4) is 0 Å². The molecule has 1 N–H and O–H groups in total. The van der Waals surface area contributed by atoms with Gasteiger partial charge in [-0.3, -0.25) is 5.32 Å². The van der Waals surface area contributed by atoms with Gasteiger partial charge in [-0.15, -0.1) is 11.3 Å². The molecule has 1 aromatic carbocycles. The summed E-state index contributed by atoms with van der Waals surface area (Å²) in [6.07, 6.45) is 5.80. The van der Waals surface area contributed by atoms with Gasteiger partial charge in [-0.25, -0.2) is 9.78 Å². The number of amides is 2. The molecule has 1 aliphatic carbocycles. The highest BCUT2D eigenvalue weighted by Crippen LogP contribution is 2.29. The molecule has 25 heavy (non-hydrogen) atoms. The van der Waals surface area contributed by atoms with Crippen LogP contribution in [0, 0.1) is 6.92 Å². The second kappa shape index (κ2) is 8.34. The largest absolute Gasteiger partial charge is 0.492 e. The number of hydrogen-bond donors (Lipinski definition) is 1. The van der Waals surface area contributed by atoms with Crippen LogP contribution in [0.1, 0.15) is 35.4 Å². The van der Waals surface area contributed by atoms with Crippen molar-refractivity contribution in [3.63, 3.8) is 0 Å². The van der Waals surface area contributed by atoms with Gasteiger partial charge in [-0.05, 0) is 44.7 Å². The number of urea groups is 1. The molecule has 0 radical (unpaired) electrons. The first-order valence-corrected chi connectivity index (χ1v) is 9.63. The average molecular weight is 359 g/mol. The summed E-state index contributed by atoms with van der Waals surface area (Å²) in [5.74, 6) is 0.822. The highest BCUT2D eigenvalue weighted by Gasteiger charge is 2.16. The van der Waals surface area contributed by atoms with Crippen molar-refractivity contribution in [1.29, 1.82) is 0 Å². The fraction of sp³-hybridized carbons (Fsp3) is 0.474. The molecule has 1 heterocycles. The van der Waals surface area contributed by atoms with Crippen molar-refractivity contribution in [2.24, 2.45) is 0 Å². The number of rotatable bonds is 5. The SMILES string of the molecule is Cc1ccc(OCCN(C)C(=O)Nc2nc3c(s2)CCCCC3)cc1. The Hall–Kier alpha value is -2.08. The maximum Gasteiger partial charge on any atom is 0.323 e. The lowest BCUT2D eigenvalue weighted by Crippen LogP contribution is -2.34. The van der Waals surface area contributed by atoms with Crippen LogP contribution < -0.4 is 10.1 Å². The normalized spacial score (nSPS) is 13.7. The number of aromatic nitrogens is 1. The quantitative estimate of drug-likeness (QED) is 0.812. The topological polar surface area (TPSA) is 54.5 Å². The van der Waals surface area contributed by atoms with Crippen LogP contribution >= 0.6 is 11.3 Å². The van der Waals surface area contributed by atoms with E-state index in [0.717, 1.165) is 18.6 Å². The lowest BCUT2D eigenvalue weighted by molar-refractivity contribution is 0.207. The van der Waals surface area contributed by atoms with Gasteiger partial charge < -0.3 is 9.64 Å². The van der Waals surface area contributed by atoms with Crippen molar-refractivity contribution in [1.82, 2.24) is 9.88 Å². The number of hydrogen-bond acceptors (Lipinski definition) is 4. The molecule has 0 spiro atoms. The zero-order valence-corrected chi connectivity index (χ0v) is 15.7. The fourth-order valence-corrected chi connectivity index (χ4v) is 3.85. The molecular weight excluding hydrogens is 334 g/mol. The standard InChI is InChI=1S/C19H25N3O2S/c1-14-8-10-15(11-9-14)24-13-12-22(2)19(23)21-18-20-16-6-4-3-5-7-17(16)25-18/h8-11H,3-7,12-13H2,1-2H3,(H,20,21,23). The van der Waals surface area contributed by atoms with Crippen molar-refractivity contribution in [3.8, 4) is 5.75 Å². The van der Waals surface area contributed by atoms with Crippen molar-refractivity contribution in [2.45, 2.75) is 39.0 Å². The van der Waals surface area contributed by atoms with Crippen LogP contribution in [0.5, 0.6) is 5.75 Å². The van der Waals surface area contributed by atoms with Crippen molar-refractivity contribution < 1.29 is 9.53 Å². The van der Waals surface area contributed by atoms with Crippen molar-refractivity contribution in [3.05, 3.63) is 40.4 Å². The van der Waals surface area contributed by atoms with E-state index >= 15 is 0 Å². The van der Waals surface area contributed by atoms with Gasteiger partial charge in [0.15, 0.2) is 5.13 Å². The molecule has 5 nitrogen and oxygen atoms in total. The number of fused-ring (bicyclic) bond motifs is 1. The van der Waals surface area contributed by atoms with E-state index in [9.17, 15) is 4.79 Å². The molecule has 0 saturated heterocycles. The summed E-state index contributed by atoms with van der Waals surface area (Å²) in [4.78, 5) is 19.9. The van der Waals surface area contributed by atoms with E-state index in [1.165, 1.54) is 35.4 Å². The number of nitrogens with zero attached hydrogens (tertiary/aromatic N) is 2. The highest BCUT2D eigenvalue weighted by molar-refractivity contribution is 7.15. The van der Waals surface area contributed by atoms with Crippen molar-refractivity contribution in [2.75, 3.05) is 25.5 Å². The van der Waals surface area contributed by atoms with Gasteiger partial charge >= 0.3 is 6.03 Å². The number of anilines is 1. The Morgan fingerprint density at radius 3 is 2.80 bits per heavy atom. The number of thiazole rings is 1. The van der Waals surface area contributed by atoms with Crippen molar-refractivity contribution >= 4 is 22.5 Å². The molecule has 0 saturated carbocycles. The Kier molecular flexibility index (Phi) is 5.91. The van der Waals surface area contributed by atoms with E-state index in [-0.39, 0.29) is 6.03 Å². The Labute approximate surface area is 153 Å². The first-order valence-electron chi connectivity index (χ1n) is 8.82. The minimum atomic E-state index is -0.142. The Morgan fingerprint density at radius 2 is 2.00 bits per heavy atom. The average Bonchev–Trinajstić information content (AvgIpc) is 2.84. The molecule has 6 heteroatoms. The van der Waals surface area contributed by atoms with E-state index in [2.05, 4.69) is 10.3 Å². The van der Waals surface area contributed by atoms with Crippen LogP contribution in [0.2, 0.25) is 0 Å². The molecule has 2 aromatic rings. The molecule has 134 valence electrons. The van der Waals surface area contributed by atoms with E-state index in [4.69, 9.17) is 4.74 Å². The lowest BCUT2D eigenvalue weighted by atomic mass is 10.2. The van der Waals surface area contributed by atoms with Crippen LogP contribution in [-0.2, 0) is 12.8 Å². The summed E-state index contributed by atoms with van der Waals surface area (Å²) in [5.41, 5.74) is 2.37. The molecule has 0 aliphatic heterocycles. The summed E-state index contributed by atoms with van der Waals surface area (Å²) >= 11 is 1.62. The van der Waals surface area contributed by atoms with Gasteiger partial charge in [0.05, 0.1) is 12.2 Å². The molecule has 2 amide bonds. The van der Waals surface area contributed by atoms with Crippen LogP contribution in [0.25, 0.3) is 0 Å². The predicted molar refractivity (Wildman–Crippen MR) is 102 cm³/mol. The summed E-state index contributed by atoms with van der Waals surface area (Å²) in [6.45, 7) is 3.02. The first kappa shape index (κ1) is 17.7. The number of likely N-dealkylation sites (N-methyl/N-ethyl adjacent to an activating group) is 1. The Morgan fingerprint density at radius 1 is 1.24 bits per heavy atom. The minimum Gasteiger partial charge on any atom is -0.492 e. The summed E-state index contributed by atoms with van der Waals surface area (Å²) in [5, 5.41) is 3.63. The minimum absolute atomic E-state index is 0.142. The summed E-state index contributed by atoms with van der Waals surface area (Å²) < 4.78 is 5.68. The maximum atomic E-state index is 12.3. The number of carbonyl (C=O) groups excluding carboxylic acids is 1. The smallest absolute Gasteiger partial charge is 0.323 e. The maximum absolute atomic E-state index is 12.3. The second-order valence-electron chi connectivity index (χ2n) is 6.46. The number of ether oxygens (including phenoxy) is 1. The molecular formula is C19H25N3O2S. The molecule has 1 aliphatic rings. The van der Waals surface area contributed by atoms with Gasteiger partial charge in [-0.1, -0.05) is 24.1 Å². The van der Waals surface area contributed by atoms with E-state index in [1.54, 1.807) is 23.3 Å². The van der Waals surface area contributed by atoms with Crippen LogP contribution in [-0.4, -0.2) is 36.1 Å². The van der Waals surface area contributed by atoms with Gasteiger partial charge in [0, 0.05) is 11.9 Å². The summed E-state index contributed by atoms with van der Waals surface area (Å²) in [7, 11) is 1.77. The molecule has 0 atom stereocenters. The van der Waals surface area contributed by atoms with E-state index in [1.807, 2.05) is 31.2 Å². The molecule has 0 fully saturated rings. The van der Waals surface area contributed by atoms with Gasteiger partial charge in [0.1, 0.15) is 12.4 Å². The Balaban J connectivity index is 1.46. The predicted octanol–water partition coefficient (Wildman–Crippen LogP) is 4.26. The molecule has 1 aromatic heterocycles. The zero-order valence-electron chi connectivity index (χ0n) is 14.9. The number of benzene rings is 1. The number of aryl methyl sites for hydroxylation is 3. The van der Waals surface area contributed by atoms with Crippen LogP contribution in [0.4, 0.5) is 9.93 Å². The molecule has 0 bridgehead atoms. The Bertz CT molecular complexity index is 688. The third-order valence-electron chi connectivity index (χ3n) is 4.37. The second-order valence-corrected chi connectivity index (χ2v) is 7.55. The fourth-order valence-electron chi connectivity index (χ4n) is 2.81. The highest BCUT2D eigenvalue weighted by atomic mass is 32.1. The molecule has 0 unspecified atom stereocenters. The molecule has 3 rings (SSSR count). The number of carbonyl (C=O) groups is 1. The number of nitrogens with one attached hydrogen (secondary N) is 1. The lowest BCUT2D eigenvalue weighted by Gasteiger charge is -2.17. The zero-order chi connectivity index (χ0) is 17.6. The third kappa shape index (κ3) is 4.95. The van der Waals surface area contributed by atoms with Gasteiger partial charge in [0.2, 0.25) is 0 Å². The summed E-state index contributed by atoms with van der Waals surface area (Å²) in [6, 6.07) is 7.77. The van der Waals surface area contributed by atoms with E-state index in [0.29, 0.717) is 18.3 Å².